The molecule has 4 atom stereocenters. The lowest BCUT2D eigenvalue weighted by atomic mass is 9.86. The van der Waals surface area contributed by atoms with E-state index in [1.54, 1.807) is 12.1 Å². The van der Waals surface area contributed by atoms with E-state index in [9.17, 15) is 14.0 Å². The molecule has 2 aliphatic heterocycles. The van der Waals surface area contributed by atoms with Crippen molar-refractivity contribution in [1.82, 2.24) is 10.2 Å². The van der Waals surface area contributed by atoms with Gasteiger partial charge in [0.2, 0.25) is 0 Å². The molecule has 2 heterocycles. The first kappa shape index (κ1) is 25.2. The molecule has 7 heteroatoms. The van der Waals surface area contributed by atoms with Gasteiger partial charge in [-0.3, -0.25) is 4.79 Å². The summed E-state index contributed by atoms with van der Waals surface area (Å²) in [5.41, 5.74) is 2.49. The van der Waals surface area contributed by atoms with Crippen LogP contribution in [0, 0.1) is 11.7 Å². The molecule has 0 bridgehead atoms. The molecule has 0 saturated carbocycles. The van der Waals surface area contributed by atoms with E-state index < -0.39 is 17.8 Å². The van der Waals surface area contributed by atoms with Crippen LogP contribution in [0.25, 0.3) is 0 Å². The number of alkyl carbamates (subject to hydrolysis) is 1. The Morgan fingerprint density at radius 2 is 1.86 bits per heavy atom. The van der Waals surface area contributed by atoms with Crippen LogP contribution in [0.5, 0.6) is 0 Å². The van der Waals surface area contributed by atoms with Gasteiger partial charge < -0.3 is 19.7 Å². The van der Waals surface area contributed by atoms with Crippen LogP contribution in [0.2, 0.25) is 0 Å². The maximum atomic E-state index is 13.9. The zero-order chi connectivity index (χ0) is 25.2. The van der Waals surface area contributed by atoms with E-state index in [1.807, 2.05) is 50.8 Å². The van der Waals surface area contributed by atoms with Gasteiger partial charge in [0.25, 0.3) is 5.91 Å². The predicted octanol–water partition coefficient (Wildman–Crippen LogP) is 5.01. The summed E-state index contributed by atoms with van der Waals surface area (Å²) in [6.45, 7) is 8.45. The Kier molecular flexibility index (Phi) is 7.45. The number of nitrogens with zero attached hydrogens (tertiary/aromatic N) is 1. The van der Waals surface area contributed by atoms with Crippen molar-refractivity contribution in [2.75, 3.05) is 13.2 Å². The minimum atomic E-state index is -0.675. The highest BCUT2D eigenvalue weighted by Crippen LogP contribution is 2.37. The first-order chi connectivity index (χ1) is 16.7. The quantitative estimate of drug-likeness (QED) is 0.665. The van der Waals surface area contributed by atoms with Gasteiger partial charge in [-0.1, -0.05) is 43.3 Å². The number of carbonyl (C=O) groups is 2. The van der Waals surface area contributed by atoms with Gasteiger partial charge in [0, 0.05) is 24.9 Å². The van der Waals surface area contributed by atoms with Crippen molar-refractivity contribution in [2.24, 2.45) is 5.92 Å². The topological polar surface area (TPSA) is 67.9 Å². The summed E-state index contributed by atoms with van der Waals surface area (Å²) in [6, 6.07) is 13.9. The summed E-state index contributed by atoms with van der Waals surface area (Å²) >= 11 is 0. The molecule has 2 aliphatic rings. The SMILES string of the molecule is CC[C@H]1CO[C@@H](C(=O)N2CCc3ccccc3[C@@H]2c2ccc(F)cc2)C[C@@H]1NC(=O)OC(C)(C)C. The number of hydrogen-bond donors (Lipinski definition) is 1. The number of halogens is 1. The molecule has 1 saturated heterocycles. The fourth-order valence-corrected chi connectivity index (χ4v) is 5.05. The molecule has 0 aliphatic carbocycles. The predicted molar refractivity (Wildman–Crippen MR) is 131 cm³/mol. The van der Waals surface area contributed by atoms with E-state index in [-0.39, 0.29) is 29.7 Å². The summed E-state index contributed by atoms with van der Waals surface area (Å²) in [6.07, 6.45) is 0.779. The number of fused-ring (bicyclic) bond motifs is 1. The third kappa shape index (κ3) is 5.84. The van der Waals surface area contributed by atoms with E-state index in [4.69, 9.17) is 9.47 Å². The zero-order valence-electron chi connectivity index (χ0n) is 20.9. The van der Waals surface area contributed by atoms with Gasteiger partial charge in [-0.25, -0.2) is 9.18 Å². The summed E-state index contributed by atoms with van der Waals surface area (Å²) < 4.78 is 25.2. The van der Waals surface area contributed by atoms with Crippen molar-refractivity contribution in [3.63, 3.8) is 0 Å². The fourth-order valence-electron chi connectivity index (χ4n) is 5.05. The molecule has 2 aromatic rings. The van der Waals surface area contributed by atoms with Crippen LogP contribution < -0.4 is 5.32 Å². The molecule has 0 aromatic heterocycles. The molecule has 0 spiro atoms. The lowest BCUT2D eigenvalue weighted by Crippen LogP contribution is -2.54. The first-order valence-electron chi connectivity index (χ1n) is 12.4. The summed E-state index contributed by atoms with van der Waals surface area (Å²) in [5.74, 6) is -0.325. The smallest absolute Gasteiger partial charge is 0.407 e. The molecule has 6 nitrogen and oxygen atoms in total. The van der Waals surface area contributed by atoms with Gasteiger partial charge in [-0.15, -0.1) is 0 Å². The zero-order valence-corrected chi connectivity index (χ0v) is 20.9. The Labute approximate surface area is 206 Å². The van der Waals surface area contributed by atoms with E-state index >= 15 is 0 Å². The lowest BCUT2D eigenvalue weighted by molar-refractivity contribution is -0.152. The van der Waals surface area contributed by atoms with Crippen LogP contribution in [0.15, 0.2) is 48.5 Å². The van der Waals surface area contributed by atoms with Crippen LogP contribution in [0.1, 0.15) is 63.3 Å². The highest BCUT2D eigenvalue weighted by Gasteiger charge is 2.40. The Hall–Kier alpha value is -2.93. The van der Waals surface area contributed by atoms with E-state index in [0.29, 0.717) is 19.6 Å². The van der Waals surface area contributed by atoms with Crippen molar-refractivity contribution in [1.29, 1.82) is 0 Å². The van der Waals surface area contributed by atoms with E-state index in [1.165, 1.54) is 17.7 Å². The maximum Gasteiger partial charge on any atom is 0.407 e. The molecule has 1 N–H and O–H groups in total. The lowest BCUT2D eigenvalue weighted by Gasteiger charge is -2.42. The Bertz CT molecular complexity index is 1050. The average Bonchev–Trinajstić information content (AvgIpc) is 2.82. The highest BCUT2D eigenvalue weighted by molar-refractivity contribution is 5.82. The third-order valence-electron chi connectivity index (χ3n) is 6.80. The molecule has 0 radical (unpaired) electrons. The van der Waals surface area contributed by atoms with Crippen molar-refractivity contribution >= 4 is 12.0 Å². The number of hydrogen-bond acceptors (Lipinski definition) is 4. The van der Waals surface area contributed by atoms with Crippen molar-refractivity contribution in [3.8, 4) is 0 Å². The first-order valence-corrected chi connectivity index (χ1v) is 12.4. The molecule has 4 rings (SSSR count). The van der Waals surface area contributed by atoms with Crippen LogP contribution in [0.3, 0.4) is 0 Å². The molecule has 0 unspecified atom stereocenters. The van der Waals surface area contributed by atoms with Crippen LogP contribution in [0.4, 0.5) is 9.18 Å². The second-order valence-corrected chi connectivity index (χ2v) is 10.4. The largest absolute Gasteiger partial charge is 0.444 e. The number of nitrogens with one attached hydrogen (secondary N) is 1. The average molecular weight is 483 g/mol. The molecule has 188 valence electrons. The van der Waals surface area contributed by atoms with Gasteiger partial charge in [0.1, 0.15) is 17.5 Å². The number of carbonyl (C=O) groups excluding carboxylic acids is 2. The van der Waals surface area contributed by atoms with Gasteiger partial charge in [-0.2, -0.15) is 0 Å². The van der Waals surface area contributed by atoms with Gasteiger partial charge in [0.05, 0.1) is 12.6 Å². The summed E-state index contributed by atoms with van der Waals surface area (Å²) in [7, 11) is 0. The van der Waals surface area contributed by atoms with Crippen molar-refractivity contribution < 1.29 is 23.5 Å². The standard InChI is InChI=1S/C28H35FN2O4/c1-5-18-17-34-24(16-23(18)30-27(33)35-28(2,3)4)26(32)31-15-14-19-8-6-7-9-22(19)25(31)20-10-12-21(29)13-11-20/h6-13,18,23-25H,5,14-17H2,1-4H3,(H,30,33)/t18-,23-,24+,25-/m0/s1. The Morgan fingerprint density at radius 1 is 1.14 bits per heavy atom. The number of rotatable bonds is 4. The Balaban J connectivity index is 1.57. The summed E-state index contributed by atoms with van der Waals surface area (Å²) in [5, 5.41) is 2.98. The number of benzene rings is 2. The summed E-state index contributed by atoms with van der Waals surface area (Å²) in [4.78, 5) is 28.2. The van der Waals surface area contributed by atoms with Crippen LogP contribution in [-0.2, 0) is 20.7 Å². The molecule has 2 amide bonds. The van der Waals surface area contributed by atoms with E-state index in [0.717, 1.165) is 24.0 Å². The fraction of sp³-hybridized carbons (Fsp3) is 0.500. The number of amides is 2. The molecular formula is C28H35FN2O4. The van der Waals surface area contributed by atoms with E-state index in [2.05, 4.69) is 11.4 Å². The molecule has 1 fully saturated rings. The molecular weight excluding hydrogens is 447 g/mol. The van der Waals surface area contributed by atoms with Crippen molar-refractivity contribution in [3.05, 3.63) is 71.0 Å². The minimum absolute atomic E-state index is 0.0987. The van der Waals surface area contributed by atoms with Gasteiger partial charge >= 0.3 is 6.09 Å². The second-order valence-electron chi connectivity index (χ2n) is 10.4. The minimum Gasteiger partial charge on any atom is -0.444 e. The number of ether oxygens (including phenoxy) is 2. The monoisotopic (exact) mass is 482 g/mol. The molecule has 2 aromatic carbocycles. The van der Waals surface area contributed by atoms with Gasteiger partial charge in [-0.05, 0) is 62.4 Å². The Morgan fingerprint density at radius 3 is 2.54 bits per heavy atom. The van der Waals surface area contributed by atoms with Crippen LogP contribution >= 0.6 is 0 Å². The highest BCUT2D eigenvalue weighted by atomic mass is 19.1. The van der Waals surface area contributed by atoms with Crippen LogP contribution in [-0.4, -0.2) is 47.8 Å². The third-order valence-corrected chi connectivity index (χ3v) is 6.80. The van der Waals surface area contributed by atoms with Crippen molar-refractivity contribution in [2.45, 2.75) is 70.7 Å². The molecule has 35 heavy (non-hydrogen) atoms. The second kappa shape index (κ2) is 10.4. The van der Waals surface area contributed by atoms with Gasteiger partial charge in [0.15, 0.2) is 0 Å². The maximum absolute atomic E-state index is 13.9. The normalized spacial score (nSPS) is 24.4.